The molecule has 0 atom stereocenters. The van der Waals surface area contributed by atoms with E-state index in [1.807, 2.05) is 5.43 Å². The molecule has 74 valence electrons. The van der Waals surface area contributed by atoms with Gasteiger partial charge in [-0.25, -0.2) is 10.6 Å². The highest BCUT2D eigenvalue weighted by Crippen LogP contribution is 2.08. The second-order valence-corrected chi connectivity index (χ2v) is 2.48. The summed E-state index contributed by atoms with van der Waals surface area (Å²) in [5, 5.41) is 10.5. The molecule has 6 heteroatoms. The third kappa shape index (κ3) is 2.46. The maximum Gasteiger partial charge on any atom is 0.409 e. The summed E-state index contributed by atoms with van der Waals surface area (Å²) >= 11 is 0. The summed E-state index contributed by atoms with van der Waals surface area (Å²) in [6.07, 6.45) is -1.15. The van der Waals surface area contributed by atoms with Crippen LogP contribution in [-0.4, -0.2) is 17.1 Å². The lowest BCUT2D eigenvalue weighted by Crippen LogP contribution is -2.29. The monoisotopic (exact) mass is 195 g/mol. The van der Waals surface area contributed by atoms with E-state index >= 15 is 0 Å². The van der Waals surface area contributed by atoms with Gasteiger partial charge in [0.1, 0.15) is 0 Å². The molecule has 14 heavy (non-hydrogen) atoms. The molecule has 0 radical (unpaired) electrons. The number of carbonyl (C=O) groups excluding carboxylic acids is 1. The molecule has 6 nitrogen and oxygen atoms in total. The van der Waals surface area contributed by atoms with E-state index in [0.717, 1.165) is 0 Å². The van der Waals surface area contributed by atoms with Crippen LogP contribution in [0.5, 0.6) is 0 Å². The van der Waals surface area contributed by atoms with E-state index < -0.39 is 12.0 Å². The van der Waals surface area contributed by atoms with E-state index in [-0.39, 0.29) is 0 Å². The van der Waals surface area contributed by atoms with Crippen LogP contribution in [0.3, 0.4) is 0 Å². The van der Waals surface area contributed by atoms with Crippen LogP contribution in [0.4, 0.5) is 10.5 Å². The summed E-state index contributed by atoms with van der Waals surface area (Å²) in [4.78, 5) is 21.2. The number of hydrogen-bond acceptors (Lipinski definition) is 3. The van der Waals surface area contributed by atoms with Crippen LogP contribution in [0, 0.1) is 0 Å². The molecule has 0 spiro atoms. The first kappa shape index (κ1) is 10.0. The molecule has 0 saturated carbocycles. The predicted molar refractivity (Wildman–Crippen MR) is 49.7 cm³/mol. The summed E-state index contributed by atoms with van der Waals surface area (Å²) in [7, 11) is 0. The van der Waals surface area contributed by atoms with Crippen LogP contribution >= 0.6 is 0 Å². The molecule has 1 aromatic carbocycles. The largest absolute Gasteiger partial charge is 0.465 e. The highest BCUT2D eigenvalue weighted by molar-refractivity contribution is 5.94. The lowest BCUT2D eigenvalue weighted by atomic mass is 10.2. The number of nitrogen functional groups attached to an aromatic ring is 1. The Balaban J connectivity index is 2.78. The number of hydrogen-bond donors (Lipinski definition) is 4. The predicted octanol–water partition coefficient (Wildman–Crippen LogP) is 0.380. The molecule has 0 unspecified atom stereocenters. The van der Waals surface area contributed by atoms with Gasteiger partial charge in [0.25, 0.3) is 5.91 Å². The molecule has 0 aliphatic rings. The van der Waals surface area contributed by atoms with Crippen LogP contribution in [0.2, 0.25) is 0 Å². The molecule has 0 aliphatic carbocycles. The molecular formula is C8H9N3O3. The minimum absolute atomic E-state index is 0.364. The first-order chi connectivity index (χ1) is 6.63. The van der Waals surface area contributed by atoms with Gasteiger partial charge < -0.3 is 5.11 Å². The van der Waals surface area contributed by atoms with Gasteiger partial charge in [0, 0.05) is 11.3 Å². The minimum Gasteiger partial charge on any atom is -0.465 e. The Morgan fingerprint density at radius 1 is 1.21 bits per heavy atom. The van der Waals surface area contributed by atoms with Gasteiger partial charge in [0.2, 0.25) is 0 Å². The van der Waals surface area contributed by atoms with Gasteiger partial charge >= 0.3 is 6.09 Å². The Morgan fingerprint density at radius 2 is 1.79 bits per heavy atom. The van der Waals surface area contributed by atoms with Crippen molar-refractivity contribution in [2.24, 2.45) is 5.84 Å². The Bertz CT molecular complexity index is 347. The smallest absolute Gasteiger partial charge is 0.409 e. The lowest BCUT2D eigenvalue weighted by Gasteiger charge is -2.02. The SMILES string of the molecule is NNC(=O)c1ccc(NC(=O)O)cc1. The second kappa shape index (κ2) is 4.24. The number of rotatable bonds is 2. The van der Waals surface area contributed by atoms with E-state index in [0.29, 0.717) is 11.3 Å². The van der Waals surface area contributed by atoms with Crippen molar-refractivity contribution in [2.45, 2.75) is 0 Å². The van der Waals surface area contributed by atoms with Crippen molar-refractivity contribution in [2.75, 3.05) is 5.32 Å². The third-order valence-corrected chi connectivity index (χ3v) is 1.53. The van der Waals surface area contributed by atoms with Gasteiger partial charge in [-0.2, -0.15) is 0 Å². The molecule has 1 aromatic rings. The quantitative estimate of drug-likeness (QED) is 0.311. The molecule has 0 aromatic heterocycles. The van der Waals surface area contributed by atoms with Crippen molar-refractivity contribution in [3.63, 3.8) is 0 Å². The van der Waals surface area contributed by atoms with E-state index in [4.69, 9.17) is 10.9 Å². The van der Waals surface area contributed by atoms with Crippen LogP contribution in [-0.2, 0) is 0 Å². The van der Waals surface area contributed by atoms with Crippen LogP contribution in [0.15, 0.2) is 24.3 Å². The average molecular weight is 195 g/mol. The zero-order valence-corrected chi connectivity index (χ0v) is 7.15. The number of carbonyl (C=O) groups is 2. The highest BCUT2D eigenvalue weighted by Gasteiger charge is 2.03. The molecular weight excluding hydrogens is 186 g/mol. The van der Waals surface area contributed by atoms with Crippen molar-refractivity contribution >= 4 is 17.7 Å². The highest BCUT2D eigenvalue weighted by atomic mass is 16.4. The van der Waals surface area contributed by atoms with Gasteiger partial charge in [-0.3, -0.25) is 15.5 Å². The number of carboxylic acid groups (broad SMARTS) is 1. The summed E-state index contributed by atoms with van der Waals surface area (Å²) in [5.74, 6) is 4.49. The minimum atomic E-state index is -1.15. The van der Waals surface area contributed by atoms with Gasteiger partial charge in [0.15, 0.2) is 0 Å². The number of nitrogens with one attached hydrogen (secondary N) is 2. The summed E-state index contributed by atoms with van der Waals surface area (Å²) in [6.45, 7) is 0. The molecule has 0 fully saturated rings. The molecule has 0 aliphatic heterocycles. The Morgan fingerprint density at radius 3 is 2.21 bits per heavy atom. The summed E-state index contributed by atoms with van der Waals surface area (Å²) < 4.78 is 0. The first-order valence-corrected chi connectivity index (χ1v) is 3.74. The summed E-state index contributed by atoms with van der Waals surface area (Å²) in [5.41, 5.74) is 2.72. The number of benzene rings is 1. The molecule has 0 bridgehead atoms. The van der Waals surface area contributed by atoms with E-state index in [2.05, 4.69) is 5.32 Å². The van der Waals surface area contributed by atoms with Crippen molar-refractivity contribution in [1.29, 1.82) is 0 Å². The van der Waals surface area contributed by atoms with Crippen molar-refractivity contribution in [3.8, 4) is 0 Å². The topological polar surface area (TPSA) is 104 Å². The maximum absolute atomic E-state index is 11.0. The fourth-order valence-corrected chi connectivity index (χ4v) is 0.912. The van der Waals surface area contributed by atoms with Gasteiger partial charge in [0.05, 0.1) is 0 Å². The third-order valence-electron chi connectivity index (χ3n) is 1.53. The van der Waals surface area contributed by atoms with Gasteiger partial charge in [-0.05, 0) is 24.3 Å². The molecule has 0 saturated heterocycles. The maximum atomic E-state index is 11.0. The van der Waals surface area contributed by atoms with Crippen molar-refractivity contribution in [3.05, 3.63) is 29.8 Å². The summed E-state index contributed by atoms with van der Waals surface area (Å²) in [6, 6.07) is 5.87. The average Bonchev–Trinajstić information content (AvgIpc) is 2.17. The van der Waals surface area contributed by atoms with Crippen molar-refractivity contribution in [1.82, 2.24) is 5.43 Å². The second-order valence-electron chi connectivity index (χ2n) is 2.48. The Labute approximate surface area is 79.7 Å². The van der Waals surface area contributed by atoms with Crippen LogP contribution < -0.4 is 16.6 Å². The molecule has 5 N–H and O–H groups in total. The first-order valence-electron chi connectivity index (χ1n) is 3.74. The van der Waals surface area contributed by atoms with E-state index in [1.165, 1.54) is 24.3 Å². The number of amides is 2. The Kier molecular flexibility index (Phi) is 3.03. The zero-order chi connectivity index (χ0) is 10.6. The van der Waals surface area contributed by atoms with E-state index in [1.54, 1.807) is 0 Å². The number of hydrazine groups is 1. The molecule has 1 rings (SSSR count). The number of anilines is 1. The molecule has 2 amide bonds. The fourth-order valence-electron chi connectivity index (χ4n) is 0.912. The van der Waals surface area contributed by atoms with E-state index in [9.17, 15) is 9.59 Å². The Hall–Kier alpha value is -2.08. The normalized spacial score (nSPS) is 9.21. The van der Waals surface area contributed by atoms with Gasteiger partial charge in [-0.15, -0.1) is 0 Å². The lowest BCUT2D eigenvalue weighted by molar-refractivity contribution is 0.0953. The number of nitrogens with two attached hydrogens (primary N) is 1. The van der Waals surface area contributed by atoms with Crippen LogP contribution in [0.1, 0.15) is 10.4 Å². The fraction of sp³-hybridized carbons (Fsp3) is 0. The zero-order valence-electron chi connectivity index (χ0n) is 7.15. The van der Waals surface area contributed by atoms with Crippen molar-refractivity contribution < 1.29 is 14.7 Å². The van der Waals surface area contributed by atoms with Gasteiger partial charge in [-0.1, -0.05) is 0 Å². The van der Waals surface area contributed by atoms with Crippen LogP contribution in [0.25, 0.3) is 0 Å². The standard InChI is InChI=1S/C8H9N3O3/c9-11-7(12)5-1-3-6(4-2-5)10-8(13)14/h1-4,10H,9H2,(H,11,12)(H,13,14). The molecule has 0 heterocycles.